The SMILES string of the molecule is COC(=O)[C@H](N)Cc1ccc(C#N)cc1.N#Cc1ccc(C[C@@H](N)C(=O)O)cc1. The van der Waals surface area contributed by atoms with Crippen LogP contribution < -0.4 is 11.5 Å². The molecule has 0 aliphatic rings. The molecule has 0 saturated carbocycles. The zero-order valence-corrected chi connectivity index (χ0v) is 15.9. The standard InChI is InChI=1S/C11H12N2O2.C10H10N2O2/c1-15-11(14)10(13)6-8-2-4-9(7-12)5-3-8;11-6-8-3-1-7(2-4-8)5-9(12)10(13)14/h2-5,10H,6,13H2,1H3;1-4,9H,5,12H2,(H,13,14)/t10-;9-/m11/s1. The number of esters is 1. The number of rotatable bonds is 6. The molecule has 150 valence electrons. The van der Waals surface area contributed by atoms with Crippen molar-refractivity contribution in [3.05, 3.63) is 70.8 Å². The number of aliphatic carboxylic acids is 1. The minimum Gasteiger partial charge on any atom is -0.480 e. The number of methoxy groups -OCH3 is 1. The molecule has 5 N–H and O–H groups in total. The smallest absolute Gasteiger partial charge is 0.322 e. The number of nitriles is 2. The first kappa shape index (κ1) is 23.3. The van der Waals surface area contributed by atoms with Crippen LogP contribution in [0.25, 0.3) is 0 Å². The third-order valence-corrected chi connectivity index (χ3v) is 3.90. The van der Waals surface area contributed by atoms with Crippen LogP contribution in [0, 0.1) is 22.7 Å². The summed E-state index contributed by atoms with van der Waals surface area (Å²) in [5, 5.41) is 25.7. The van der Waals surface area contributed by atoms with Crippen molar-refractivity contribution < 1.29 is 19.4 Å². The van der Waals surface area contributed by atoms with Crippen molar-refractivity contribution in [2.24, 2.45) is 11.5 Å². The van der Waals surface area contributed by atoms with Crippen LogP contribution in [0.4, 0.5) is 0 Å². The molecule has 2 rings (SSSR count). The molecule has 0 aliphatic carbocycles. The predicted octanol–water partition coefficient (Wildman–Crippen LogP) is 1.11. The van der Waals surface area contributed by atoms with Crippen molar-refractivity contribution in [1.82, 2.24) is 0 Å². The molecule has 0 unspecified atom stereocenters. The molecule has 0 bridgehead atoms. The van der Waals surface area contributed by atoms with Crippen molar-refractivity contribution in [3.8, 4) is 12.1 Å². The van der Waals surface area contributed by atoms with Gasteiger partial charge in [-0.3, -0.25) is 9.59 Å². The number of hydrogen-bond acceptors (Lipinski definition) is 7. The van der Waals surface area contributed by atoms with Gasteiger partial charge in [-0.2, -0.15) is 10.5 Å². The molecule has 0 aromatic heterocycles. The number of carboxylic acids is 1. The summed E-state index contributed by atoms with van der Waals surface area (Å²) in [6.45, 7) is 0. The van der Waals surface area contributed by atoms with Gasteiger partial charge < -0.3 is 21.3 Å². The Bertz CT molecular complexity index is 896. The van der Waals surface area contributed by atoms with Crippen LogP contribution >= 0.6 is 0 Å². The van der Waals surface area contributed by atoms with Crippen molar-refractivity contribution in [1.29, 1.82) is 10.5 Å². The molecular weight excluding hydrogens is 372 g/mol. The third kappa shape index (κ3) is 8.22. The molecule has 8 nitrogen and oxygen atoms in total. The van der Waals surface area contributed by atoms with Crippen molar-refractivity contribution >= 4 is 11.9 Å². The molecule has 29 heavy (non-hydrogen) atoms. The number of benzene rings is 2. The van der Waals surface area contributed by atoms with Crippen LogP contribution in [-0.4, -0.2) is 36.2 Å². The quantitative estimate of drug-likeness (QED) is 0.613. The van der Waals surface area contributed by atoms with Crippen LogP contribution in [0.1, 0.15) is 22.3 Å². The first-order chi connectivity index (χ1) is 13.8. The number of carbonyl (C=O) groups excluding carboxylic acids is 1. The maximum Gasteiger partial charge on any atom is 0.322 e. The summed E-state index contributed by atoms with van der Waals surface area (Å²) in [5.74, 6) is -1.45. The Balaban J connectivity index is 0.000000291. The van der Waals surface area contributed by atoms with Crippen molar-refractivity contribution in [2.45, 2.75) is 24.9 Å². The Kier molecular flexibility index (Phi) is 9.55. The Morgan fingerprint density at radius 1 is 0.897 bits per heavy atom. The summed E-state index contributed by atoms with van der Waals surface area (Å²) >= 11 is 0. The van der Waals surface area contributed by atoms with E-state index in [4.69, 9.17) is 27.1 Å². The van der Waals surface area contributed by atoms with E-state index in [-0.39, 0.29) is 6.42 Å². The van der Waals surface area contributed by atoms with E-state index in [1.54, 1.807) is 48.5 Å². The maximum atomic E-state index is 11.0. The van der Waals surface area contributed by atoms with Crippen molar-refractivity contribution in [3.63, 3.8) is 0 Å². The minimum absolute atomic E-state index is 0.279. The summed E-state index contributed by atoms with van der Waals surface area (Å²) in [6.07, 6.45) is 0.694. The summed E-state index contributed by atoms with van der Waals surface area (Å²) in [5.41, 5.74) is 13.8. The topological polar surface area (TPSA) is 163 Å². The number of carboxylic acid groups (broad SMARTS) is 1. The van der Waals surface area contributed by atoms with Crippen molar-refractivity contribution in [2.75, 3.05) is 7.11 Å². The number of nitrogens with zero attached hydrogens (tertiary/aromatic N) is 2. The van der Waals surface area contributed by atoms with Gasteiger partial charge in [-0.15, -0.1) is 0 Å². The molecule has 0 amide bonds. The molecule has 0 heterocycles. The fourth-order valence-electron chi connectivity index (χ4n) is 2.26. The van der Waals surface area contributed by atoms with E-state index in [0.29, 0.717) is 17.5 Å². The Morgan fingerprint density at radius 2 is 1.28 bits per heavy atom. The average Bonchev–Trinajstić information content (AvgIpc) is 2.74. The number of carbonyl (C=O) groups is 2. The van der Waals surface area contributed by atoms with E-state index >= 15 is 0 Å². The zero-order chi connectivity index (χ0) is 21.8. The highest BCUT2D eigenvalue weighted by atomic mass is 16.5. The molecule has 2 atom stereocenters. The molecule has 0 aliphatic heterocycles. The van der Waals surface area contributed by atoms with Gasteiger partial charge in [0.1, 0.15) is 12.1 Å². The first-order valence-electron chi connectivity index (χ1n) is 8.60. The van der Waals surface area contributed by atoms with E-state index in [2.05, 4.69) is 4.74 Å². The number of nitrogens with two attached hydrogens (primary N) is 2. The van der Waals surface area contributed by atoms with Crippen LogP contribution in [0.3, 0.4) is 0 Å². The van der Waals surface area contributed by atoms with Gasteiger partial charge in [0.2, 0.25) is 0 Å². The molecule has 0 saturated heterocycles. The van der Waals surface area contributed by atoms with E-state index < -0.39 is 24.0 Å². The van der Waals surface area contributed by atoms with Gasteiger partial charge >= 0.3 is 11.9 Å². The monoisotopic (exact) mass is 394 g/mol. The zero-order valence-electron chi connectivity index (χ0n) is 15.9. The predicted molar refractivity (Wildman–Crippen MR) is 105 cm³/mol. The highest BCUT2D eigenvalue weighted by Crippen LogP contribution is 2.06. The van der Waals surface area contributed by atoms with Gasteiger partial charge in [-0.1, -0.05) is 24.3 Å². The Morgan fingerprint density at radius 3 is 1.59 bits per heavy atom. The highest BCUT2D eigenvalue weighted by molar-refractivity contribution is 5.75. The molecule has 8 heteroatoms. The summed E-state index contributed by atoms with van der Waals surface area (Å²) < 4.78 is 4.51. The van der Waals surface area contributed by atoms with Gasteiger partial charge in [-0.05, 0) is 48.2 Å². The summed E-state index contributed by atoms with van der Waals surface area (Å²) in [4.78, 5) is 21.5. The van der Waals surface area contributed by atoms with E-state index in [0.717, 1.165) is 11.1 Å². The minimum atomic E-state index is -1.02. The second-order valence-corrected chi connectivity index (χ2v) is 6.10. The van der Waals surface area contributed by atoms with Gasteiger partial charge in [0, 0.05) is 0 Å². The highest BCUT2D eigenvalue weighted by Gasteiger charge is 2.14. The maximum absolute atomic E-state index is 11.0. The average molecular weight is 394 g/mol. The fourth-order valence-corrected chi connectivity index (χ4v) is 2.26. The normalized spacial score (nSPS) is 11.6. The molecule has 2 aromatic rings. The molecule has 0 spiro atoms. The molecular formula is C21H22N4O4. The molecule has 0 fully saturated rings. The lowest BCUT2D eigenvalue weighted by Crippen LogP contribution is -2.33. The van der Waals surface area contributed by atoms with Crippen LogP contribution in [0.5, 0.6) is 0 Å². The second-order valence-electron chi connectivity index (χ2n) is 6.10. The van der Waals surface area contributed by atoms with Crippen LogP contribution in [-0.2, 0) is 27.2 Å². The van der Waals surface area contributed by atoms with E-state index in [9.17, 15) is 9.59 Å². The largest absolute Gasteiger partial charge is 0.480 e. The Hall–Kier alpha value is -3.72. The second kappa shape index (κ2) is 11.9. The number of ether oxygens (including phenoxy) is 1. The van der Waals surface area contributed by atoms with Gasteiger partial charge in [-0.25, -0.2) is 0 Å². The summed E-state index contributed by atoms with van der Waals surface area (Å²) in [6, 6.07) is 16.1. The van der Waals surface area contributed by atoms with Gasteiger partial charge in [0.05, 0.1) is 30.4 Å². The first-order valence-corrected chi connectivity index (χ1v) is 8.60. The molecule has 0 radical (unpaired) electrons. The van der Waals surface area contributed by atoms with Crippen LogP contribution in [0.2, 0.25) is 0 Å². The fraction of sp³-hybridized carbons (Fsp3) is 0.238. The lowest BCUT2D eigenvalue weighted by Gasteiger charge is -2.08. The van der Waals surface area contributed by atoms with E-state index in [1.807, 2.05) is 12.1 Å². The summed E-state index contributed by atoms with van der Waals surface area (Å²) in [7, 11) is 1.31. The molecule has 2 aromatic carbocycles. The number of hydrogen-bond donors (Lipinski definition) is 3. The van der Waals surface area contributed by atoms with E-state index in [1.165, 1.54) is 7.11 Å². The lowest BCUT2D eigenvalue weighted by atomic mass is 10.1. The van der Waals surface area contributed by atoms with Crippen LogP contribution in [0.15, 0.2) is 48.5 Å². The van der Waals surface area contributed by atoms with Gasteiger partial charge in [0.25, 0.3) is 0 Å². The lowest BCUT2D eigenvalue weighted by molar-refractivity contribution is -0.142. The third-order valence-electron chi connectivity index (χ3n) is 3.90. The van der Waals surface area contributed by atoms with Gasteiger partial charge in [0.15, 0.2) is 0 Å². The Labute approximate surface area is 168 Å².